The summed E-state index contributed by atoms with van der Waals surface area (Å²) in [5, 5.41) is 20.2. The maximum absolute atomic E-state index is 10.1. The molecule has 29 heavy (non-hydrogen) atoms. The highest BCUT2D eigenvalue weighted by Crippen LogP contribution is 2.60. The van der Waals surface area contributed by atoms with Crippen LogP contribution in [0.25, 0.3) is 0 Å². The smallest absolute Gasteiger partial charge is 0.0787 e. The molecule has 0 aromatic carbocycles. The molecular weight excluding hydrogens is 356 g/mol. The van der Waals surface area contributed by atoms with E-state index in [-0.39, 0.29) is 6.10 Å². The van der Waals surface area contributed by atoms with Gasteiger partial charge in [0, 0.05) is 0 Å². The van der Waals surface area contributed by atoms with Crippen molar-refractivity contribution in [3.8, 4) is 0 Å². The van der Waals surface area contributed by atoms with Crippen molar-refractivity contribution >= 4 is 0 Å². The Kier molecular flexibility index (Phi) is 7.16. The number of allylic oxidation sites excluding steroid dienone is 3. The van der Waals surface area contributed by atoms with Gasteiger partial charge in [0.15, 0.2) is 0 Å². The number of aliphatic hydroxyl groups excluding tert-OH is 1. The Balaban J connectivity index is 1.68. The average Bonchev–Trinajstić information content (AvgIpc) is 2.99. The zero-order chi connectivity index (χ0) is 21.2. The van der Waals surface area contributed by atoms with Gasteiger partial charge in [-0.05, 0) is 106 Å². The van der Waals surface area contributed by atoms with Gasteiger partial charge >= 0.3 is 0 Å². The molecule has 3 aliphatic carbocycles. The lowest BCUT2D eigenvalue weighted by atomic mass is 9.60. The molecule has 0 bridgehead atoms. The van der Waals surface area contributed by atoms with Crippen LogP contribution >= 0.6 is 0 Å². The first-order valence-electron chi connectivity index (χ1n) is 12.1. The lowest BCUT2D eigenvalue weighted by molar-refractivity contribution is 0.0596. The molecule has 164 valence electrons. The maximum Gasteiger partial charge on any atom is 0.0787 e. The fourth-order valence-corrected chi connectivity index (χ4v) is 6.70. The fraction of sp³-hybridized carbons (Fsp3) is 0.778. The van der Waals surface area contributed by atoms with Gasteiger partial charge < -0.3 is 10.2 Å². The van der Waals surface area contributed by atoms with Crippen LogP contribution < -0.4 is 0 Å². The van der Waals surface area contributed by atoms with Gasteiger partial charge in [-0.25, -0.2) is 0 Å². The third-order valence-electron chi connectivity index (χ3n) is 8.41. The normalized spacial score (nSPS) is 37.2. The number of hydrogen-bond donors (Lipinski definition) is 2. The molecule has 3 aliphatic rings. The quantitative estimate of drug-likeness (QED) is 0.518. The second-order valence-electron chi connectivity index (χ2n) is 11.1. The number of rotatable bonds is 6. The van der Waals surface area contributed by atoms with Gasteiger partial charge in [0.1, 0.15) is 0 Å². The van der Waals surface area contributed by atoms with Gasteiger partial charge in [-0.3, -0.25) is 0 Å². The summed E-state index contributed by atoms with van der Waals surface area (Å²) in [6, 6.07) is 0. The van der Waals surface area contributed by atoms with Crippen molar-refractivity contribution in [2.45, 2.75) is 110 Å². The third-order valence-corrected chi connectivity index (χ3v) is 8.41. The van der Waals surface area contributed by atoms with E-state index in [9.17, 15) is 10.2 Å². The summed E-state index contributed by atoms with van der Waals surface area (Å²) in [6.45, 7) is 13.0. The van der Waals surface area contributed by atoms with Gasteiger partial charge in [0.05, 0.1) is 11.7 Å². The number of aliphatic hydroxyl groups is 2. The average molecular weight is 401 g/mol. The summed E-state index contributed by atoms with van der Waals surface area (Å²) in [5.41, 5.74) is 3.74. The zero-order valence-corrected chi connectivity index (χ0v) is 19.3. The predicted molar refractivity (Wildman–Crippen MR) is 123 cm³/mol. The van der Waals surface area contributed by atoms with E-state index in [2.05, 4.69) is 32.6 Å². The van der Waals surface area contributed by atoms with Crippen molar-refractivity contribution < 1.29 is 10.2 Å². The van der Waals surface area contributed by atoms with E-state index < -0.39 is 5.60 Å². The van der Waals surface area contributed by atoms with Gasteiger partial charge in [-0.15, -0.1) is 0 Å². The van der Waals surface area contributed by atoms with Crippen molar-refractivity contribution in [2.75, 3.05) is 0 Å². The van der Waals surface area contributed by atoms with Crippen LogP contribution in [0.2, 0.25) is 0 Å². The largest absolute Gasteiger partial charge is 0.390 e. The molecular formula is C27H44O2. The first-order chi connectivity index (χ1) is 13.6. The van der Waals surface area contributed by atoms with Crippen LogP contribution in [0, 0.1) is 23.2 Å². The molecule has 0 amide bonds. The second-order valence-corrected chi connectivity index (χ2v) is 11.1. The molecule has 2 heteroatoms. The lowest BCUT2D eigenvalue weighted by Gasteiger charge is -2.44. The van der Waals surface area contributed by atoms with E-state index >= 15 is 0 Å². The topological polar surface area (TPSA) is 40.5 Å². The van der Waals surface area contributed by atoms with Crippen molar-refractivity contribution in [3.63, 3.8) is 0 Å². The Morgan fingerprint density at radius 3 is 2.66 bits per heavy atom. The Morgan fingerprint density at radius 2 is 1.93 bits per heavy atom. The van der Waals surface area contributed by atoms with Crippen molar-refractivity contribution in [1.82, 2.24) is 0 Å². The molecule has 0 saturated heterocycles. The van der Waals surface area contributed by atoms with Crippen LogP contribution in [-0.4, -0.2) is 21.9 Å². The number of hydrogen-bond acceptors (Lipinski definition) is 2. The van der Waals surface area contributed by atoms with Crippen LogP contribution in [0.15, 0.2) is 35.5 Å². The van der Waals surface area contributed by atoms with Crippen LogP contribution in [-0.2, 0) is 0 Å². The molecule has 5 atom stereocenters. The standard InChI is InChI=1S/C27H44O2/c1-19(9-7-17-26(3,4)29)23-15-16-24-22(11-8-18-27(23,24)5)14-13-21-10-6-12-25(28)20(21)2/h13-14,19,23-25,28-29H,2,6-12,15-18H2,1,3-5H3/b21-13-,22-14+/t19-,23?,24?,25+,27?/m1/s1. The van der Waals surface area contributed by atoms with Crippen molar-refractivity contribution in [2.24, 2.45) is 23.2 Å². The van der Waals surface area contributed by atoms with E-state index in [0.717, 1.165) is 55.4 Å². The van der Waals surface area contributed by atoms with Crippen molar-refractivity contribution in [3.05, 3.63) is 35.5 Å². The molecule has 3 unspecified atom stereocenters. The first-order valence-corrected chi connectivity index (χ1v) is 12.1. The SMILES string of the molecule is C=C1/C(=C\C=C2/CCCC3(C)C2CCC3[C@H](C)CCCC(C)(C)O)CCC[C@@H]1O. The minimum atomic E-state index is -0.535. The van der Waals surface area contributed by atoms with E-state index in [1.54, 1.807) is 5.57 Å². The summed E-state index contributed by atoms with van der Waals surface area (Å²) < 4.78 is 0. The highest BCUT2D eigenvalue weighted by molar-refractivity contribution is 5.37. The Morgan fingerprint density at radius 1 is 1.17 bits per heavy atom. The maximum atomic E-state index is 10.1. The van der Waals surface area contributed by atoms with Crippen LogP contribution in [0.3, 0.4) is 0 Å². The molecule has 0 heterocycles. The van der Waals surface area contributed by atoms with Crippen LogP contribution in [0.1, 0.15) is 98.3 Å². The predicted octanol–water partition coefficient (Wildman–Crippen LogP) is 6.73. The van der Waals surface area contributed by atoms with Gasteiger partial charge in [-0.1, -0.05) is 51.0 Å². The fourth-order valence-electron chi connectivity index (χ4n) is 6.70. The highest BCUT2D eigenvalue weighted by atomic mass is 16.3. The summed E-state index contributed by atoms with van der Waals surface area (Å²) in [5.74, 6) is 2.26. The molecule has 0 radical (unpaired) electrons. The first kappa shape index (κ1) is 22.8. The molecule has 0 aromatic rings. The van der Waals surface area contributed by atoms with Crippen LogP contribution in [0.4, 0.5) is 0 Å². The summed E-state index contributed by atoms with van der Waals surface area (Å²) >= 11 is 0. The lowest BCUT2D eigenvalue weighted by Crippen LogP contribution is -2.36. The molecule has 2 N–H and O–H groups in total. The van der Waals surface area contributed by atoms with E-state index in [1.165, 1.54) is 44.1 Å². The molecule has 0 aromatic heterocycles. The zero-order valence-electron chi connectivity index (χ0n) is 19.3. The van der Waals surface area contributed by atoms with Crippen LogP contribution in [0.5, 0.6) is 0 Å². The summed E-state index contributed by atoms with van der Waals surface area (Å²) in [4.78, 5) is 0. The monoisotopic (exact) mass is 400 g/mol. The van der Waals surface area contributed by atoms with E-state index in [4.69, 9.17) is 0 Å². The molecule has 0 spiro atoms. The Bertz CT molecular complexity index is 650. The van der Waals surface area contributed by atoms with E-state index in [1.807, 2.05) is 13.8 Å². The molecule has 2 nitrogen and oxygen atoms in total. The third kappa shape index (κ3) is 5.25. The summed E-state index contributed by atoms with van der Waals surface area (Å²) in [6.07, 6.45) is 17.2. The van der Waals surface area contributed by atoms with Gasteiger partial charge in [-0.2, -0.15) is 0 Å². The molecule has 3 rings (SSSR count). The number of fused-ring (bicyclic) bond motifs is 1. The molecule has 3 fully saturated rings. The Labute approximate surface area is 179 Å². The highest BCUT2D eigenvalue weighted by Gasteiger charge is 2.50. The van der Waals surface area contributed by atoms with E-state index in [0.29, 0.717) is 5.41 Å². The summed E-state index contributed by atoms with van der Waals surface area (Å²) in [7, 11) is 0. The Hall–Kier alpha value is -0.860. The molecule has 0 aliphatic heterocycles. The second kappa shape index (κ2) is 9.10. The molecule has 3 saturated carbocycles. The van der Waals surface area contributed by atoms with Crippen molar-refractivity contribution in [1.29, 1.82) is 0 Å². The van der Waals surface area contributed by atoms with Gasteiger partial charge in [0.25, 0.3) is 0 Å². The minimum Gasteiger partial charge on any atom is -0.390 e. The van der Waals surface area contributed by atoms with Gasteiger partial charge in [0.2, 0.25) is 0 Å². The minimum absolute atomic E-state index is 0.342.